The highest BCUT2D eigenvalue weighted by atomic mass is 32.2. The largest absolute Gasteiger partial charge is 0.434 e. The van der Waals surface area contributed by atoms with Gasteiger partial charge >= 0.3 is 5.76 Å². The highest BCUT2D eigenvalue weighted by Crippen LogP contribution is 2.40. The summed E-state index contributed by atoms with van der Waals surface area (Å²) in [6.07, 6.45) is -1.67. The number of ether oxygens (including phenoxy) is 2. The molecule has 0 saturated carbocycles. The molecule has 2 aliphatic heterocycles. The summed E-state index contributed by atoms with van der Waals surface area (Å²) in [6.45, 7) is 1.94. The Bertz CT molecular complexity index is 1340. The van der Waals surface area contributed by atoms with Gasteiger partial charge in [0.05, 0.1) is 19.3 Å². The van der Waals surface area contributed by atoms with E-state index in [4.69, 9.17) is 13.9 Å². The van der Waals surface area contributed by atoms with E-state index in [1.807, 2.05) is 0 Å². The van der Waals surface area contributed by atoms with Gasteiger partial charge < -0.3 is 13.9 Å². The van der Waals surface area contributed by atoms with Gasteiger partial charge in [-0.3, -0.25) is 9.59 Å². The lowest BCUT2D eigenvalue weighted by Gasteiger charge is -2.35. The van der Waals surface area contributed by atoms with Crippen LogP contribution in [0.4, 0.5) is 8.78 Å². The zero-order chi connectivity index (χ0) is 25.4. The fraction of sp³-hybridized carbons (Fsp3) is 0.333. The van der Waals surface area contributed by atoms with Crippen molar-refractivity contribution in [3.8, 4) is 0 Å². The molecule has 0 aliphatic carbocycles. The Morgan fingerprint density at radius 3 is 2.53 bits per heavy atom. The number of hydrogen-bond donors (Lipinski definition) is 1. The third kappa shape index (κ3) is 4.76. The second-order valence-corrected chi connectivity index (χ2v) is 9.62. The van der Waals surface area contributed by atoms with Crippen molar-refractivity contribution in [1.82, 2.24) is 14.5 Å². The number of aromatic amines is 1. The molecular formula is C24H21F2N3O6S. The Morgan fingerprint density at radius 1 is 1.14 bits per heavy atom. The zero-order valence-corrected chi connectivity index (χ0v) is 19.8. The number of carbonyl (C=O) groups is 2. The number of H-pyrrole nitrogens is 1. The van der Waals surface area contributed by atoms with Crippen molar-refractivity contribution in [2.24, 2.45) is 0 Å². The summed E-state index contributed by atoms with van der Waals surface area (Å²) in [7, 11) is 0. The molecule has 0 spiro atoms. The normalized spacial score (nSPS) is 22.0. The first-order chi connectivity index (χ1) is 17.3. The van der Waals surface area contributed by atoms with E-state index in [2.05, 4.69) is 10.2 Å². The number of Topliss-reactive ketones (excluding diaryl/α,β-unsaturated/α-hetero) is 2. The van der Waals surface area contributed by atoms with Crippen molar-refractivity contribution in [2.75, 3.05) is 13.2 Å². The molecule has 1 N–H and O–H groups in total. The maximum atomic E-state index is 15.3. The Kier molecular flexibility index (Phi) is 6.84. The first-order valence-corrected chi connectivity index (χ1v) is 12.0. The summed E-state index contributed by atoms with van der Waals surface area (Å²) >= 11 is 1.11. The van der Waals surface area contributed by atoms with E-state index >= 15 is 8.78 Å². The maximum Gasteiger partial charge on any atom is 0.434 e. The van der Waals surface area contributed by atoms with Gasteiger partial charge in [0.1, 0.15) is 23.0 Å². The van der Waals surface area contributed by atoms with Crippen LogP contribution >= 0.6 is 11.9 Å². The van der Waals surface area contributed by atoms with Crippen molar-refractivity contribution in [1.29, 1.82) is 0 Å². The van der Waals surface area contributed by atoms with Gasteiger partial charge in [-0.25, -0.2) is 23.0 Å². The van der Waals surface area contributed by atoms with Crippen molar-refractivity contribution in [2.45, 2.75) is 37.0 Å². The van der Waals surface area contributed by atoms with Crippen molar-refractivity contribution >= 4 is 23.5 Å². The minimum absolute atomic E-state index is 0.0150. The molecule has 188 valence electrons. The van der Waals surface area contributed by atoms with Gasteiger partial charge in [0.25, 0.3) is 5.89 Å². The molecule has 0 bridgehead atoms. The van der Waals surface area contributed by atoms with Crippen LogP contribution in [0.3, 0.4) is 0 Å². The lowest BCUT2D eigenvalue weighted by Crippen LogP contribution is -2.45. The molecule has 3 atom stereocenters. The topological polar surface area (TPSA) is 115 Å². The van der Waals surface area contributed by atoms with Gasteiger partial charge in [0.2, 0.25) is 11.6 Å². The number of ketones is 2. The summed E-state index contributed by atoms with van der Waals surface area (Å²) in [5, 5.41) is 5.03. The zero-order valence-electron chi connectivity index (χ0n) is 19.0. The molecule has 5 rings (SSSR count). The van der Waals surface area contributed by atoms with Crippen LogP contribution in [0, 0.1) is 11.6 Å². The Labute approximate surface area is 207 Å². The average Bonchev–Trinajstić information content (AvgIpc) is 3.27. The van der Waals surface area contributed by atoms with Crippen LogP contribution in [0.15, 0.2) is 51.7 Å². The Morgan fingerprint density at radius 2 is 1.89 bits per heavy atom. The van der Waals surface area contributed by atoms with Crippen molar-refractivity contribution in [3.05, 3.63) is 87.2 Å². The van der Waals surface area contributed by atoms with Crippen LogP contribution in [-0.4, -0.2) is 51.4 Å². The third-order valence-electron chi connectivity index (χ3n) is 6.02. The van der Waals surface area contributed by atoms with E-state index in [1.54, 1.807) is 41.6 Å². The average molecular weight is 518 g/mol. The first-order valence-electron chi connectivity index (χ1n) is 11.1. The second-order valence-electron chi connectivity index (χ2n) is 8.47. The fourth-order valence-corrected chi connectivity index (χ4v) is 5.20. The smallest absolute Gasteiger partial charge is 0.389 e. The lowest BCUT2D eigenvalue weighted by molar-refractivity contribution is -0.152. The molecule has 2 aliphatic rings. The molecule has 2 fully saturated rings. The monoisotopic (exact) mass is 517 g/mol. The van der Waals surface area contributed by atoms with Crippen molar-refractivity contribution in [3.63, 3.8) is 0 Å². The summed E-state index contributed by atoms with van der Waals surface area (Å²) in [4.78, 5) is 36.7. The Hall–Kier alpha value is -3.19. The summed E-state index contributed by atoms with van der Waals surface area (Å²) in [5.41, 5.74) is 0.435. The van der Waals surface area contributed by atoms with E-state index in [0.717, 1.165) is 24.1 Å². The molecule has 3 aromatic rings. The highest BCUT2D eigenvalue weighted by Gasteiger charge is 2.41. The summed E-state index contributed by atoms with van der Waals surface area (Å²) < 4.78 is 47.9. The van der Waals surface area contributed by atoms with Crippen molar-refractivity contribution < 1.29 is 32.3 Å². The first kappa shape index (κ1) is 24.5. The molecule has 12 heteroatoms. The third-order valence-corrected chi connectivity index (χ3v) is 7.44. The van der Waals surface area contributed by atoms with Crippen LogP contribution in [-0.2, 0) is 25.6 Å². The predicted molar refractivity (Wildman–Crippen MR) is 123 cm³/mol. The minimum Gasteiger partial charge on any atom is -0.389 e. The molecule has 1 aromatic heterocycles. The van der Waals surface area contributed by atoms with E-state index in [0.29, 0.717) is 5.56 Å². The van der Waals surface area contributed by atoms with E-state index in [-0.39, 0.29) is 36.8 Å². The highest BCUT2D eigenvalue weighted by molar-refractivity contribution is 7.98. The van der Waals surface area contributed by atoms with Gasteiger partial charge in [-0.1, -0.05) is 42.3 Å². The summed E-state index contributed by atoms with van der Waals surface area (Å²) in [5.74, 6) is -3.78. The molecule has 0 radical (unpaired) electrons. The van der Waals surface area contributed by atoms with Gasteiger partial charge in [0.15, 0.2) is 6.10 Å². The molecular weight excluding hydrogens is 496 g/mol. The quantitative estimate of drug-likeness (QED) is 0.373. The molecule has 9 nitrogen and oxygen atoms in total. The predicted octanol–water partition coefficient (Wildman–Crippen LogP) is 2.88. The van der Waals surface area contributed by atoms with Gasteiger partial charge in [-0.2, -0.15) is 0 Å². The van der Waals surface area contributed by atoms with Gasteiger partial charge in [0, 0.05) is 17.7 Å². The number of nitrogens with zero attached hydrogens (tertiary/aromatic N) is 2. The number of nitrogens with one attached hydrogen (secondary N) is 1. The van der Waals surface area contributed by atoms with E-state index < -0.39 is 52.5 Å². The number of halogens is 2. The molecule has 3 heterocycles. The van der Waals surface area contributed by atoms with Crippen LogP contribution in [0.1, 0.15) is 40.9 Å². The number of hydrogen-bond acceptors (Lipinski definition) is 9. The summed E-state index contributed by atoms with van der Waals surface area (Å²) in [6, 6.07) is 9.96. The SMILES string of the molecule is C[C@H]1C(=O)C(=O)[C@@H](c2ccccc2)SN1Cc1cc(F)c([C@H](OC2COC2)c2n[nH]c(=O)o2)cc1F. The Balaban J connectivity index is 1.42. The molecule has 0 amide bonds. The molecule has 36 heavy (non-hydrogen) atoms. The number of benzene rings is 2. The standard InChI is InChI=1S/C24H21F2N3O6S/c1-12-19(30)20(31)22(13-5-3-2-4-6-13)36-29(12)9-14-7-18(26)16(8-17(14)25)21(34-15-10-33-11-15)23-27-28-24(32)35-23/h2-8,12,15,21-22H,9-11H2,1H3,(H,28,32)/t12-,21-,22+/m0/s1. The van der Waals surface area contributed by atoms with Crippen LogP contribution in [0.5, 0.6) is 0 Å². The molecule has 2 saturated heterocycles. The number of aromatic nitrogens is 2. The minimum atomic E-state index is -1.27. The maximum absolute atomic E-state index is 15.3. The lowest BCUT2D eigenvalue weighted by atomic mass is 10.0. The van der Waals surface area contributed by atoms with Gasteiger partial charge in [-0.05, 0) is 24.6 Å². The molecule has 2 aromatic carbocycles. The second kappa shape index (κ2) is 10.1. The number of rotatable bonds is 7. The van der Waals surface area contributed by atoms with Crippen LogP contribution < -0.4 is 5.76 Å². The molecule has 0 unspecified atom stereocenters. The van der Waals surface area contributed by atoms with Crippen LogP contribution in [0.25, 0.3) is 0 Å². The number of carbonyl (C=O) groups excluding carboxylic acids is 2. The fourth-order valence-electron chi connectivity index (χ4n) is 3.95. The van der Waals surface area contributed by atoms with E-state index in [9.17, 15) is 14.4 Å². The van der Waals surface area contributed by atoms with Crippen LogP contribution in [0.2, 0.25) is 0 Å². The van der Waals surface area contributed by atoms with Gasteiger partial charge in [-0.15, -0.1) is 5.10 Å². The van der Waals surface area contributed by atoms with E-state index in [1.165, 1.54) is 0 Å².